The maximum Gasteiger partial charge on any atom is 0.0734 e. The van der Waals surface area contributed by atoms with Crippen LogP contribution in [0, 0.1) is 6.92 Å². The molecule has 0 unspecified atom stereocenters. The second-order valence-corrected chi connectivity index (χ2v) is 3.10. The van der Waals surface area contributed by atoms with Gasteiger partial charge in [0.1, 0.15) is 0 Å². The molecule has 0 aliphatic rings. The molecule has 2 nitrogen and oxygen atoms in total. The summed E-state index contributed by atoms with van der Waals surface area (Å²) in [5, 5.41) is 10.1. The van der Waals surface area contributed by atoms with Crippen LogP contribution in [0.1, 0.15) is 11.1 Å². The van der Waals surface area contributed by atoms with Crippen molar-refractivity contribution >= 4 is 10.9 Å². The second kappa shape index (κ2) is 3.15. The van der Waals surface area contributed by atoms with Gasteiger partial charge in [0, 0.05) is 11.6 Å². The molecule has 13 heavy (non-hydrogen) atoms. The Morgan fingerprint density at radius 1 is 1.31 bits per heavy atom. The van der Waals surface area contributed by atoms with E-state index in [1.807, 2.05) is 31.2 Å². The standard InChI is InChI=1S/C11H11NO/c1-8-3-2-4-10-9(7-13)5-6-12-11(8)10/h2-6,13H,7H2,1H3. The lowest BCUT2D eigenvalue weighted by molar-refractivity contribution is 0.283. The Labute approximate surface area is 76.9 Å². The van der Waals surface area contributed by atoms with E-state index in [-0.39, 0.29) is 6.61 Å². The molecule has 0 saturated carbocycles. The van der Waals surface area contributed by atoms with Crippen LogP contribution < -0.4 is 0 Å². The van der Waals surface area contributed by atoms with Crippen molar-refractivity contribution in [2.45, 2.75) is 13.5 Å². The van der Waals surface area contributed by atoms with E-state index in [2.05, 4.69) is 4.98 Å². The number of rotatable bonds is 1. The molecule has 0 fully saturated rings. The van der Waals surface area contributed by atoms with Gasteiger partial charge in [-0.05, 0) is 24.1 Å². The highest BCUT2D eigenvalue weighted by Crippen LogP contribution is 2.19. The monoisotopic (exact) mass is 173 g/mol. The van der Waals surface area contributed by atoms with E-state index < -0.39 is 0 Å². The van der Waals surface area contributed by atoms with E-state index >= 15 is 0 Å². The average molecular weight is 173 g/mol. The number of aromatic nitrogens is 1. The molecule has 0 spiro atoms. The predicted octanol–water partition coefficient (Wildman–Crippen LogP) is 2.04. The lowest BCUT2D eigenvalue weighted by atomic mass is 10.1. The quantitative estimate of drug-likeness (QED) is 0.715. The largest absolute Gasteiger partial charge is 0.392 e. The average Bonchev–Trinajstić information content (AvgIpc) is 2.18. The molecular weight excluding hydrogens is 162 g/mol. The molecule has 2 aromatic rings. The van der Waals surface area contributed by atoms with Crippen LogP contribution in [-0.2, 0) is 6.61 Å². The molecule has 0 aliphatic carbocycles. The predicted molar refractivity (Wildman–Crippen MR) is 52.4 cm³/mol. The zero-order valence-corrected chi connectivity index (χ0v) is 7.49. The normalized spacial score (nSPS) is 10.6. The summed E-state index contributed by atoms with van der Waals surface area (Å²) < 4.78 is 0. The number of pyridine rings is 1. The van der Waals surface area contributed by atoms with Crippen molar-refractivity contribution in [3.05, 3.63) is 41.6 Å². The fourth-order valence-corrected chi connectivity index (χ4v) is 1.52. The van der Waals surface area contributed by atoms with Crippen molar-refractivity contribution in [1.29, 1.82) is 0 Å². The second-order valence-electron chi connectivity index (χ2n) is 3.10. The summed E-state index contributed by atoms with van der Waals surface area (Å²) in [7, 11) is 0. The van der Waals surface area contributed by atoms with Crippen molar-refractivity contribution in [3.8, 4) is 0 Å². The SMILES string of the molecule is Cc1cccc2c(CO)ccnc12. The minimum atomic E-state index is 0.0719. The third-order valence-corrected chi connectivity index (χ3v) is 2.23. The van der Waals surface area contributed by atoms with Gasteiger partial charge in [0.2, 0.25) is 0 Å². The zero-order valence-electron chi connectivity index (χ0n) is 7.49. The van der Waals surface area contributed by atoms with Crippen molar-refractivity contribution < 1.29 is 5.11 Å². The molecule has 2 heteroatoms. The maximum atomic E-state index is 9.10. The van der Waals surface area contributed by atoms with E-state index in [1.165, 1.54) is 0 Å². The molecule has 0 atom stereocenters. The number of hydrogen-bond acceptors (Lipinski definition) is 2. The summed E-state index contributed by atoms with van der Waals surface area (Å²) in [5.74, 6) is 0. The van der Waals surface area contributed by atoms with E-state index in [1.54, 1.807) is 6.20 Å². The van der Waals surface area contributed by atoms with Crippen LogP contribution in [0.2, 0.25) is 0 Å². The molecule has 1 heterocycles. The number of aliphatic hydroxyl groups is 1. The van der Waals surface area contributed by atoms with Crippen LogP contribution in [0.5, 0.6) is 0 Å². The topological polar surface area (TPSA) is 33.1 Å². The Bertz CT molecular complexity index is 437. The summed E-state index contributed by atoms with van der Waals surface area (Å²) in [6.07, 6.45) is 1.74. The van der Waals surface area contributed by atoms with Crippen LogP contribution in [0.25, 0.3) is 10.9 Å². The first-order valence-electron chi connectivity index (χ1n) is 4.27. The van der Waals surface area contributed by atoms with Crippen molar-refractivity contribution in [2.24, 2.45) is 0 Å². The molecule has 0 aliphatic heterocycles. The van der Waals surface area contributed by atoms with Gasteiger partial charge in [-0.3, -0.25) is 4.98 Å². The Morgan fingerprint density at radius 3 is 2.92 bits per heavy atom. The third kappa shape index (κ3) is 1.29. The van der Waals surface area contributed by atoms with Crippen LogP contribution in [0.15, 0.2) is 30.5 Å². The summed E-state index contributed by atoms with van der Waals surface area (Å²) in [6.45, 7) is 2.10. The van der Waals surface area contributed by atoms with E-state index in [4.69, 9.17) is 5.11 Å². The molecule has 2 rings (SSSR count). The molecule has 1 aromatic carbocycles. The van der Waals surface area contributed by atoms with Gasteiger partial charge in [-0.15, -0.1) is 0 Å². The first kappa shape index (κ1) is 8.20. The van der Waals surface area contributed by atoms with E-state index in [0.717, 1.165) is 22.0 Å². The number of aliphatic hydroxyl groups excluding tert-OH is 1. The maximum absolute atomic E-state index is 9.10. The highest BCUT2D eigenvalue weighted by atomic mass is 16.3. The van der Waals surface area contributed by atoms with Gasteiger partial charge in [0.05, 0.1) is 12.1 Å². The third-order valence-electron chi connectivity index (χ3n) is 2.23. The Balaban J connectivity index is 2.84. The van der Waals surface area contributed by atoms with Crippen LogP contribution in [0.4, 0.5) is 0 Å². The zero-order chi connectivity index (χ0) is 9.26. The lowest BCUT2D eigenvalue weighted by Gasteiger charge is -2.04. The molecule has 0 amide bonds. The number of aryl methyl sites for hydroxylation is 1. The number of para-hydroxylation sites is 1. The van der Waals surface area contributed by atoms with Gasteiger partial charge in [0.15, 0.2) is 0 Å². The smallest absolute Gasteiger partial charge is 0.0734 e. The molecule has 0 radical (unpaired) electrons. The van der Waals surface area contributed by atoms with Crippen LogP contribution in [0.3, 0.4) is 0 Å². The number of benzene rings is 1. The lowest BCUT2D eigenvalue weighted by Crippen LogP contribution is -1.89. The van der Waals surface area contributed by atoms with E-state index in [9.17, 15) is 0 Å². The van der Waals surface area contributed by atoms with Crippen molar-refractivity contribution in [2.75, 3.05) is 0 Å². The minimum Gasteiger partial charge on any atom is -0.392 e. The first-order valence-corrected chi connectivity index (χ1v) is 4.27. The first-order chi connectivity index (χ1) is 6.33. The van der Waals surface area contributed by atoms with Gasteiger partial charge < -0.3 is 5.11 Å². The summed E-state index contributed by atoms with van der Waals surface area (Å²) >= 11 is 0. The summed E-state index contributed by atoms with van der Waals surface area (Å²) in [5.41, 5.74) is 3.07. The molecule has 66 valence electrons. The van der Waals surface area contributed by atoms with Crippen molar-refractivity contribution in [1.82, 2.24) is 4.98 Å². The van der Waals surface area contributed by atoms with Crippen LogP contribution >= 0.6 is 0 Å². The summed E-state index contributed by atoms with van der Waals surface area (Å²) in [6, 6.07) is 7.84. The molecule has 1 N–H and O–H groups in total. The molecule has 0 bridgehead atoms. The Hall–Kier alpha value is -1.41. The number of nitrogens with zero attached hydrogens (tertiary/aromatic N) is 1. The van der Waals surface area contributed by atoms with Crippen molar-refractivity contribution in [3.63, 3.8) is 0 Å². The fraction of sp³-hybridized carbons (Fsp3) is 0.182. The summed E-state index contributed by atoms with van der Waals surface area (Å²) in [4.78, 5) is 4.28. The Morgan fingerprint density at radius 2 is 2.15 bits per heavy atom. The van der Waals surface area contributed by atoms with Gasteiger partial charge >= 0.3 is 0 Å². The van der Waals surface area contributed by atoms with Gasteiger partial charge in [-0.2, -0.15) is 0 Å². The van der Waals surface area contributed by atoms with Gasteiger partial charge in [-0.25, -0.2) is 0 Å². The number of fused-ring (bicyclic) bond motifs is 1. The van der Waals surface area contributed by atoms with Gasteiger partial charge in [0.25, 0.3) is 0 Å². The molecule has 1 aromatic heterocycles. The highest BCUT2D eigenvalue weighted by molar-refractivity contribution is 5.84. The fourth-order valence-electron chi connectivity index (χ4n) is 1.52. The van der Waals surface area contributed by atoms with Crippen LogP contribution in [-0.4, -0.2) is 10.1 Å². The molecule has 0 saturated heterocycles. The number of hydrogen-bond donors (Lipinski definition) is 1. The highest BCUT2D eigenvalue weighted by Gasteiger charge is 2.01. The Kier molecular flexibility index (Phi) is 1.99. The van der Waals surface area contributed by atoms with Gasteiger partial charge in [-0.1, -0.05) is 18.2 Å². The molecular formula is C11H11NO. The minimum absolute atomic E-state index is 0.0719. The van der Waals surface area contributed by atoms with E-state index in [0.29, 0.717) is 0 Å².